The first-order valence-corrected chi connectivity index (χ1v) is 9.49. The van der Waals surface area contributed by atoms with Gasteiger partial charge in [-0.3, -0.25) is 4.90 Å². The van der Waals surface area contributed by atoms with Crippen molar-refractivity contribution >= 4 is 27.5 Å². The minimum Gasteiger partial charge on any atom is -0.299 e. The minimum absolute atomic E-state index is 0.388. The van der Waals surface area contributed by atoms with E-state index in [0.717, 1.165) is 16.9 Å². The van der Waals surface area contributed by atoms with Crippen molar-refractivity contribution in [2.45, 2.75) is 52.5 Å². The summed E-state index contributed by atoms with van der Waals surface area (Å²) in [7, 11) is 2.24. The molecule has 0 bridgehead atoms. The van der Waals surface area contributed by atoms with Crippen molar-refractivity contribution in [2.24, 2.45) is 5.41 Å². The van der Waals surface area contributed by atoms with Gasteiger partial charge in [0.1, 0.15) is 0 Å². The molecular weight excluding hydrogens is 346 g/mol. The molecule has 0 saturated heterocycles. The zero-order valence-corrected chi connectivity index (χ0v) is 16.2. The second-order valence-electron chi connectivity index (χ2n) is 6.28. The number of nitrogens with zero attached hydrogens (tertiary/aromatic N) is 1. The quantitative estimate of drug-likeness (QED) is 0.457. The Morgan fingerprint density at radius 1 is 1.14 bits per heavy atom. The molecule has 0 radical (unpaired) electrons. The Bertz CT molecular complexity index is 398. The summed E-state index contributed by atoms with van der Waals surface area (Å²) in [6, 6.07) is 8.65. The van der Waals surface area contributed by atoms with E-state index < -0.39 is 0 Å². The van der Waals surface area contributed by atoms with Crippen molar-refractivity contribution in [3.63, 3.8) is 0 Å². The Kier molecular flexibility index (Phi) is 8.30. The molecule has 1 aromatic carbocycles. The summed E-state index contributed by atoms with van der Waals surface area (Å²) in [5.41, 5.74) is 1.72. The lowest BCUT2D eigenvalue weighted by Crippen LogP contribution is -2.38. The fraction of sp³-hybridized carbons (Fsp3) is 0.667. The van der Waals surface area contributed by atoms with Crippen molar-refractivity contribution in [1.29, 1.82) is 0 Å². The zero-order chi connectivity index (χ0) is 15.9. The lowest BCUT2D eigenvalue weighted by Gasteiger charge is -2.38. The van der Waals surface area contributed by atoms with Crippen LogP contribution in [0.5, 0.6) is 0 Å². The van der Waals surface area contributed by atoms with Crippen molar-refractivity contribution in [2.75, 3.05) is 18.9 Å². The van der Waals surface area contributed by atoms with Crippen LogP contribution >= 0.6 is 27.5 Å². The molecule has 3 heteroatoms. The lowest BCUT2D eigenvalue weighted by atomic mass is 9.80. The van der Waals surface area contributed by atoms with E-state index in [-0.39, 0.29) is 0 Å². The molecule has 0 N–H and O–H groups in total. The van der Waals surface area contributed by atoms with Crippen LogP contribution in [0.1, 0.15) is 58.1 Å². The van der Waals surface area contributed by atoms with Gasteiger partial charge in [0.05, 0.1) is 0 Å². The monoisotopic (exact) mass is 373 g/mol. The number of hydrogen-bond acceptors (Lipinski definition) is 1. The van der Waals surface area contributed by atoms with Gasteiger partial charge in [-0.2, -0.15) is 0 Å². The first-order chi connectivity index (χ1) is 9.98. The van der Waals surface area contributed by atoms with Crippen LogP contribution in [-0.4, -0.2) is 23.8 Å². The highest BCUT2D eigenvalue weighted by Gasteiger charge is 2.30. The van der Waals surface area contributed by atoms with Crippen LogP contribution in [0.2, 0.25) is 5.02 Å². The van der Waals surface area contributed by atoms with Gasteiger partial charge in [0.15, 0.2) is 0 Å². The first-order valence-electron chi connectivity index (χ1n) is 7.99. The van der Waals surface area contributed by atoms with E-state index in [0.29, 0.717) is 11.5 Å². The third-order valence-corrected chi connectivity index (χ3v) is 5.88. The minimum atomic E-state index is 0.388. The molecule has 1 nitrogen and oxygen atoms in total. The van der Waals surface area contributed by atoms with E-state index >= 15 is 0 Å². The number of hydrogen-bond donors (Lipinski definition) is 0. The van der Waals surface area contributed by atoms with Gasteiger partial charge in [0.25, 0.3) is 0 Å². The molecule has 1 unspecified atom stereocenters. The van der Waals surface area contributed by atoms with E-state index in [2.05, 4.69) is 60.8 Å². The fourth-order valence-electron chi connectivity index (χ4n) is 3.18. The van der Waals surface area contributed by atoms with Gasteiger partial charge in [-0.05, 0) is 49.9 Å². The average molecular weight is 375 g/mol. The largest absolute Gasteiger partial charge is 0.299 e. The number of alkyl halides is 1. The highest BCUT2D eigenvalue weighted by atomic mass is 79.9. The maximum absolute atomic E-state index is 5.99. The van der Waals surface area contributed by atoms with Gasteiger partial charge in [0.2, 0.25) is 0 Å². The van der Waals surface area contributed by atoms with Crippen molar-refractivity contribution in [3.8, 4) is 0 Å². The molecule has 0 aliphatic rings. The van der Waals surface area contributed by atoms with Crippen LogP contribution in [0.4, 0.5) is 0 Å². The Labute approximate surface area is 144 Å². The SMILES string of the molecule is CCCC(CBr)(CCC)CN(C)C(C)c1ccc(Cl)cc1. The molecule has 0 aliphatic heterocycles. The summed E-state index contributed by atoms with van der Waals surface area (Å²) in [5.74, 6) is 0. The molecule has 120 valence electrons. The average Bonchev–Trinajstić information content (AvgIpc) is 2.47. The Hall–Kier alpha value is -0.0500. The van der Waals surface area contributed by atoms with Crippen LogP contribution in [0.25, 0.3) is 0 Å². The summed E-state index contributed by atoms with van der Waals surface area (Å²) >= 11 is 9.76. The van der Waals surface area contributed by atoms with Gasteiger partial charge in [0, 0.05) is 22.9 Å². The zero-order valence-electron chi connectivity index (χ0n) is 13.8. The molecular formula is C18H29BrClN. The normalized spacial score (nSPS) is 13.7. The van der Waals surface area contributed by atoms with E-state index in [1.807, 2.05) is 12.1 Å². The van der Waals surface area contributed by atoms with E-state index in [9.17, 15) is 0 Å². The Morgan fingerprint density at radius 3 is 2.10 bits per heavy atom. The molecule has 1 atom stereocenters. The summed E-state index contributed by atoms with van der Waals surface area (Å²) < 4.78 is 0. The smallest absolute Gasteiger partial charge is 0.0406 e. The van der Waals surface area contributed by atoms with Crippen molar-refractivity contribution in [3.05, 3.63) is 34.9 Å². The molecule has 0 heterocycles. The second-order valence-corrected chi connectivity index (χ2v) is 7.27. The van der Waals surface area contributed by atoms with E-state index in [1.54, 1.807) is 0 Å². The third kappa shape index (κ3) is 5.58. The maximum Gasteiger partial charge on any atom is 0.0406 e. The molecule has 0 fully saturated rings. The third-order valence-electron chi connectivity index (χ3n) is 4.44. The van der Waals surface area contributed by atoms with Gasteiger partial charge >= 0.3 is 0 Å². The maximum atomic E-state index is 5.99. The topological polar surface area (TPSA) is 3.24 Å². The van der Waals surface area contributed by atoms with Crippen LogP contribution in [-0.2, 0) is 0 Å². The Morgan fingerprint density at radius 2 is 1.67 bits per heavy atom. The molecule has 0 aliphatic carbocycles. The van der Waals surface area contributed by atoms with Gasteiger partial charge in [-0.15, -0.1) is 0 Å². The fourth-order valence-corrected chi connectivity index (χ4v) is 4.05. The standard InChI is InChI=1S/C18H29BrClN/c1-5-11-18(13-19,12-6-2)14-21(4)15(3)16-7-9-17(20)10-8-16/h7-10,15H,5-6,11-14H2,1-4H3. The highest BCUT2D eigenvalue weighted by Crippen LogP contribution is 2.35. The van der Waals surface area contributed by atoms with E-state index in [1.165, 1.54) is 31.2 Å². The van der Waals surface area contributed by atoms with Gasteiger partial charge < -0.3 is 0 Å². The molecule has 0 spiro atoms. The van der Waals surface area contributed by atoms with E-state index in [4.69, 9.17) is 11.6 Å². The molecule has 21 heavy (non-hydrogen) atoms. The first kappa shape index (κ1) is 19.0. The highest BCUT2D eigenvalue weighted by molar-refractivity contribution is 9.09. The number of rotatable bonds is 9. The second kappa shape index (κ2) is 9.17. The van der Waals surface area contributed by atoms with Crippen LogP contribution in [0.15, 0.2) is 24.3 Å². The molecule has 1 aromatic rings. The van der Waals surface area contributed by atoms with Crippen LogP contribution < -0.4 is 0 Å². The van der Waals surface area contributed by atoms with Crippen LogP contribution in [0.3, 0.4) is 0 Å². The van der Waals surface area contributed by atoms with Crippen LogP contribution in [0, 0.1) is 5.41 Å². The summed E-state index contributed by atoms with van der Waals surface area (Å²) in [4.78, 5) is 2.48. The summed E-state index contributed by atoms with van der Waals surface area (Å²) in [6.07, 6.45) is 5.05. The Balaban J connectivity index is 2.80. The summed E-state index contributed by atoms with van der Waals surface area (Å²) in [6.45, 7) is 7.98. The van der Waals surface area contributed by atoms with Gasteiger partial charge in [-0.1, -0.05) is 66.4 Å². The molecule has 1 rings (SSSR count). The lowest BCUT2D eigenvalue weighted by molar-refractivity contribution is 0.140. The predicted octanol–water partition coefficient (Wildman–Crippen LogP) is 6.31. The molecule has 0 amide bonds. The number of benzene rings is 1. The van der Waals surface area contributed by atoms with Gasteiger partial charge in [-0.25, -0.2) is 0 Å². The molecule has 0 saturated carbocycles. The van der Waals surface area contributed by atoms with Crippen molar-refractivity contribution < 1.29 is 0 Å². The van der Waals surface area contributed by atoms with Crippen molar-refractivity contribution in [1.82, 2.24) is 4.90 Å². The number of halogens is 2. The molecule has 0 aromatic heterocycles. The summed E-state index contributed by atoms with van der Waals surface area (Å²) in [5, 5.41) is 1.89. The predicted molar refractivity (Wildman–Crippen MR) is 98.5 cm³/mol.